The van der Waals surface area contributed by atoms with Gasteiger partial charge in [0.15, 0.2) is 5.78 Å². The predicted molar refractivity (Wildman–Crippen MR) is 250 cm³/mol. The maximum absolute atomic E-state index is 12.4. The molecular formula is C53H52N4O8. The van der Waals surface area contributed by atoms with Crippen LogP contribution in [0.3, 0.4) is 0 Å². The highest BCUT2D eigenvalue weighted by Crippen LogP contribution is 2.32. The minimum atomic E-state index is -0.198. The van der Waals surface area contributed by atoms with Gasteiger partial charge in [0.2, 0.25) is 0 Å². The van der Waals surface area contributed by atoms with Gasteiger partial charge in [0, 0.05) is 46.2 Å². The van der Waals surface area contributed by atoms with Crippen molar-refractivity contribution in [3.63, 3.8) is 0 Å². The number of carbonyl (C=O) groups excluding carboxylic acids is 8. The van der Waals surface area contributed by atoms with E-state index in [1.54, 1.807) is 60.7 Å². The number of hydrogen-bond acceptors (Lipinski definition) is 8. The molecule has 0 unspecified atom stereocenters. The van der Waals surface area contributed by atoms with Crippen LogP contribution in [0.5, 0.6) is 0 Å². The molecule has 9 rings (SSSR count). The lowest BCUT2D eigenvalue weighted by Gasteiger charge is -2.30. The van der Waals surface area contributed by atoms with E-state index < -0.39 is 0 Å². The van der Waals surface area contributed by atoms with E-state index in [0.29, 0.717) is 44.5 Å². The summed E-state index contributed by atoms with van der Waals surface area (Å²) in [6.45, 7) is 16.3. The lowest BCUT2D eigenvalue weighted by molar-refractivity contribution is 0.0556. The van der Waals surface area contributed by atoms with Crippen molar-refractivity contribution in [3.8, 4) is 0 Å². The number of carbonyl (C=O) groups is 8. The summed E-state index contributed by atoms with van der Waals surface area (Å²) in [4.78, 5) is 99.6. The first kappa shape index (κ1) is 46.9. The number of nitrogens with zero attached hydrogens (tertiary/aromatic N) is 3. The Morgan fingerprint density at radius 1 is 0.400 bits per heavy atom. The number of rotatable bonds is 6. The van der Waals surface area contributed by atoms with Crippen molar-refractivity contribution in [1.29, 1.82) is 0 Å². The summed E-state index contributed by atoms with van der Waals surface area (Å²) in [5.41, 5.74) is 4.24. The van der Waals surface area contributed by atoms with Gasteiger partial charge in [-0.05, 0) is 121 Å². The molecule has 0 atom stereocenters. The highest BCUT2D eigenvalue weighted by atomic mass is 16.2. The molecule has 3 aliphatic heterocycles. The normalized spacial score (nSPS) is 13.8. The van der Waals surface area contributed by atoms with E-state index in [1.807, 2.05) is 116 Å². The topological polar surface area (TPSA) is 158 Å². The van der Waals surface area contributed by atoms with Crippen LogP contribution in [0, 0.1) is 0 Å². The highest BCUT2D eigenvalue weighted by Gasteiger charge is 2.38. The van der Waals surface area contributed by atoms with Crippen molar-refractivity contribution in [2.45, 2.75) is 86.5 Å². The molecule has 6 aromatic carbocycles. The van der Waals surface area contributed by atoms with E-state index in [2.05, 4.69) is 5.32 Å². The number of hydrogen-bond donors (Lipinski definition) is 1. The zero-order valence-corrected chi connectivity index (χ0v) is 38.0. The number of nitrogens with one attached hydrogen (secondary N) is 1. The largest absolute Gasteiger partial charge is 0.350 e. The minimum absolute atomic E-state index is 0.0671. The van der Waals surface area contributed by atoms with Crippen LogP contribution in [0.4, 0.5) is 0 Å². The fourth-order valence-corrected chi connectivity index (χ4v) is 7.94. The molecule has 65 heavy (non-hydrogen) atoms. The molecule has 1 N–H and O–H groups in total. The summed E-state index contributed by atoms with van der Waals surface area (Å²) >= 11 is 0. The molecule has 0 bridgehead atoms. The number of Topliss-reactive ketones (excluding diaryl/α,β-unsaturated/α-hetero) is 1. The molecule has 0 fully saturated rings. The van der Waals surface area contributed by atoms with E-state index in [0.717, 1.165) is 21.5 Å². The Bertz CT molecular complexity index is 2770. The summed E-state index contributed by atoms with van der Waals surface area (Å²) < 4.78 is 0. The quantitative estimate of drug-likeness (QED) is 0.128. The number of benzene rings is 6. The van der Waals surface area contributed by atoms with Gasteiger partial charge >= 0.3 is 0 Å². The molecule has 0 aromatic heterocycles. The second-order valence-corrected chi connectivity index (χ2v) is 17.0. The van der Waals surface area contributed by atoms with Crippen LogP contribution in [0.25, 0.3) is 21.5 Å². The van der Waals surface area contributed by atoms with Gasteiger partial charge in [-0.15, -0.1) is 0 Å². The van der Waals surface area contributed by atoms with Crippen molar-refractivity contribution in [3.05, 3.63) is 166 Å². The fraction of sp³-hybridized carbons (Fsp3) is 0.245. The molecule has 3 aliphatic rings. The summed E-state index contributed by atoms with van der Waals surface area (Å²) in [5, 5.41) is 6.47. The Labute approximate surface area is 378 Å². The Kier molecular flexibility index (Phi) is 14.0. The van der Waals surface area contributed by atoms with Crippen LogP contribution >= 0.6 is 0 Å². The van der Waals surface area contributed by atoms with Gasteiger partial charge in [0.05, 0.1) is 27.8 Å². The van der Waals surface area contributed by atoms with E-state index >= 15 is 0 Å². The fourth-order valence-electron chi connectivity index (χ4n) is 7.94. The van der Waals surface area contributed by atoms with Gasteiger partial charge in [-0.2, -0.15) is 0 Å². The maximum Gasteiger partial charge on any atom is 0.261 e. The van der Waals surface area contributed by atoms with Gasteiger partial charge in [-0.1, -0.05) is 78.9 Å². The SMILES string of the molecule is CC(=O)c1ccccc1C(=O)NC(C)C.CC(C)N1C(=O)c2cc3ccccc3cc2C1=O.CC(C)N1C(=O)c2cccc3cccc(c23)C1=O.CC(C)N1C(=O)c2ccccc2C1=O. The first-order valence-corrected chi connectivity index (χ1v) is 21.5. The summed E-state index contributed by atoms with van der Waals surface area (Å²) in [5.74, 6) is -1.41. The third kappa shape index (κ3) is 9.38. The second-order valence-electron chi connectivity index (χ2n) is 17.0. The van der Waals surface area contributed by atoms with Crippen LogP contribution < -0.4 is 5.32 Å². The van der Waals surface area contributed by atoms with Gasteiger partial charge in [-0.3, -0.25) is 53.1 Å². The Morgan fingerprint density at radius 3 is 1.11 bits per heavy atom. The average Bonchev–Trinajstić information content (AvgIpc) is 3.68. The molecule has 0 aliphatic carbocycles. The average molecular weight is 873 g/mol. The summed E-state index contributed by atoms with van der Waals surface area (Å²) in [6, 6.07) is 36.0. The molecule has 332 valence electrons. The van der Waals surface area contributed by atoms with Crippen LogP contribution in [-0.2, 0) is 0 Å². The van der Waals surface area contributed by atoms with Crippen molar-refractivity contribution in [2.24, 2.45) is 0 Å². The number of imide groups is 3. The van der Waals surface area contributed by atoms with Crippen molar-refractivity contribution >= 4 is 68.7 Å². The molecule has 0 spiro atoms. The monoisotopic (exact) mass is 872 g/mol. The first-order chi connectivity index (χ1) is 30.8. The van der Waals surface area contributed by atoms with Crippen molar-refractivity contribution in [2.75, 3.05) is 0 Å². The van der Waals surface area contributed by atoms with Gasteiger partial charge in [0.25, 0.3) is 41.4 Å². The number of ketones is 1. The Morgan fingerprint density at radius 2 is 0.723 bits per heavy atom. The lowest BCUT2D eigenvalue weighted by Crippen LogP contribution is -2.44. The standard InChI is InChI=1S/2C15H13NO2.C12H15NO2.C11H11NO2/c1-9(2)16-14(17)11-7-3-5-10-6-4-8-12(13(10)11)15(16)18;1-9(2)16-14(17)12-7-10-5-3-4-6-11(10)8-13(12)15(16)18;1-8(2)13-12(15)11-7-5-4-6-10(11)9(3)14;1-7(2)12-10(13)8-5-3-4-6-9(8)11(12)14/h2*3-9H,1-2H3;4-8H,1-3H3,(H,13,15);3-7H,1-2H3. The van der Waals surface area contributed by atoms with Crippen molar-refractivity contribution < 1.29 is 38.4 Å². The van der Waals surface area contributed by atoms with Crippen LogP contribution in [-0.4, -0.2) is 86.0 Å². The second kappa shape index (κ2) is 19.4. The molecule has 0 radical (unpaired) electrons. The van der Waals surface area contributed by atoms with E-state index in [1.165, 1.54) is 21.6 Å². The first-order valence-electron chi connectivity index (χ1n) is 21.5. The summed E-state index contributed by atoms with van der Waals surface area (Å²) in [6.07, 6.45) is 0. The molecule has 3 heterocycles. The number of amides is 7. The zero-order chi connectivity index (χ0) is 47.4. The highest BCUT2D eigenvalue weighted by molar-refractivity contribution is 6.26. The smallest absolute Gasteiger partial charge is 0.261 e. The predicted octanol–water partition coefficient (Wildman–Crippen LogP) is 9.41. The van der Waals surface area contributed by atoms with E-state index in [9.17, 15) is 38.4 Å². The third-order valence-electron chi connectivity index (χ3n) is 10.9. The van der Waals surface area contributed by atoms with Gasteiger partial charge in [0.1, 0.15) is 0 Å². The molecule has 12 heteroatoms. The van der Waals surface area contributed by atoms with Crippen LogP contribution in [0.1, 0.15) is 145 Å². The molecule has 0 saturated heterocycles. The number of fused-ring (bicyclic) bond motifs is 3. The van der Waals surface area contributed by atoms with Crippen molar-refractivity contribution in [1.82, 2.24) is 20.0 Å². The summed E-state index contributed by atoms with van der Waals surface area (Å²) in [7, 11) is 0. The minimum Gasteiger partial charge on any atom is -0.350 e. The molecule has 6 aromatic rings. The third-order valence-corrected chi connectivity index (χ3v) is 10.9. The zero-order valence-electron chi connectivity index (χ0n) is 38.0. The van der Waals surface area contributed by atoms with E-state index in [4.69, 9.17) is 0 Å². The maximum atomic E-state index is 12.4. The van der Waals surface area contributed by atoms with Crippen LogP contribution in [0.2, 0.25) is 0 Å². The molecule has 7 amide bonds. The molecule has 12 nitrogen and oxygen atoms in total. The lowest BCUT2D eigenvalue weighted by atomic mass is 9.93. The Balaban J connectivity index is 0.000000145. The molecular weight excluding hydrogens is 821 g/mol. The molecule has 0 saturated carbocycles. The Hall–Kier alpha value is -7.60. The van der Waals surface area contributed by atoms with Crippen LogP contribution in [0.15, 0.2) is 121 Å². The van der Waals surface area contributed by atoms with E-state index in [-0.39, 0.29) is 71.3 Å². The van der Waals surface area contributed by atoms with Gasteiger partial charge in [-0.25, -0.2) is 0 Å². The van der Waals surface area contributed by atoms with Gasteiger partial charge < -0.3 is 5.32 Å².